The van der Waals surface area contributed by atoms with Gasteiger partial charge in [0.2, 0.25) is 5.91 Å². The fourth-order valence-corrected chi connectivity index (χ4v) is 1.57. The number of hydrogen-bond donors (Lipinski definition) is 1. The molecule has 1 aromatic carbocycles. The predicted octanol–water partition coefficient (Wildman–Crippen LogP) is 1.94. The summed E-state index contributed by atoms with van der Waals surface area (Å²) in [7, 11) is 3.40. The van der Waals surface area contributed by atoms with Crippen LogP contribution in [0.1, 0.15) is 28.8 Å². The Hall–Kier alpha value is -2.04. The number of aromatic carboxylic acids is 1. The largest absolute Gasteiger partial charge is 0.493 e. The summed E-state index contributed by atoms with van der Waals surface area (Å²) in [5.41, 5.74) is 1.02. The molecule has 0 aliphatic heterocycles. The second-order valence-electron chi connectivity index (χ2n) is 4.54. The lowest BCUT2D eigenvalue weighted by Gasteiger charge is -2.11. The van der Waals surface area contributed by atoms with Gasteiger partial charge < -0.3 is 14.7 Å². The number of amides is 1. The summed E-state index contributed by atoms with van der Waals surface area (Å²) in [6.07, 6.45) is 0.950. The first-order chi connectivity index (χ1) is 8.91. The number of carbonyl (C=O) groups excluding carboxylic acids is 1. The molecule has 0 aromatic heterocycles. The lowest BCUT2D eigenvalue weighted by atomic mass is 10.1. The lowest BCUT2D eigenvalue weighted by molar-refractivity contribution is -0.128. The normalized spacial score (nSPS) is 10.1. The molecular weight excluding hydrogens is 246 g/mol. The Balaban J connectivity index is 2.54. The Bertz CT molecular complexity index is 469. The molecule has 0 saturated heterocycles. The highest BCUT2D eigenvalue weighted by Crippen LogP contribution is 2.20. The van der Waals surface area contributed by atoms with Crippen molar-refractivity contribution in [2.24, 2.45) is 0 Å². The van der Waals surface area contributed by atoms with E-state index in [9.17, 15) is 9.59 Å². The van der Waals surface area contributed by atoms with Gasteiger partial charge in [-0.25, -0.2) is 4.79 Å². The van der Waals surface area contributed by atoms with Crippen LogP contribution in [0.25, 0.3) is 0 Å². The molecule has 0 saturated carbocycles. The summed E-state index contributed by atoms with van der Waals surface area (Å²) in [5.74, 6) is -0.635. The van der Waals surface area contributed by atoms with Gasteiger partial charge in [0, 0.05) is 20.5 Å². The van der Waals surface area contributed by atoms with E-state index >= 15 is 0 Å². The maximum atomic E-state index is 11.4. The zero-order chi connectivity index (χ0) is 14.4. The molecule has 5 nitrogen and oxygen atoms in total. The maximum absolute atomic E-state index is 11.4. The number of ether oxygens (including phenoxy) is 1. The average Bonchev–Trinajstić information content (AvgIpc) is 2.35. The molecule has 0 radical (unpaired) electrons. The third-order valence-electron chi connectivity index (χ3n) is 2.66. The molecule has 1 aromatic rings. The van der Waals surface area contributed by atoms with Gasteiger partial charge in [-0.15, -0.1) is 0 Å². The van der Waals surface area contributed by atoms with Gasteiger partial charge in [-0.05, 0) is 25.5 Å². The van der Waals surface area contributed by atoms with Gasteiger partial charge in [0.15, 0.2) is 0 Å². The number of aryl methyl sites for hydroxylation is 1. The number of nitrogens with zero attached hydrogens (tertiary/aromatic N) is 1. The minimum atomic E-state index is -1.01. The van der Waals surface area contributed by atoms with E-state index in [1.807, 2.05) is 6.92 Å². The topological polar surface area (TPSA) is 66.8 Å². The van der Waals surface area contributed by atoms with Gasteiger partial charge >= 0.3 is 5.97 Å². The SMILES string of the molecule is Cc1ccc(OCCCC(=O)N(C)C)c(C(=O)O)c1. The molecule has 0 fully saturated rings. The summed E-state index contributed by atoms with van der Waals surface area (Å²) >= 11 is 0. The maximum Gasteiger partial charge on any atom is 0.339 e. The van der Waals surface area contributed by atoms with Crippen LogP contribution in [0.15, 0.2) is 18.2 Å². The van der Waals surface area contributed by atoms with Crippen LogP contribution in [0.2, 0.25) is 0 Å². The summed E-state index contributed by atoms with van der Waals surface area (Å²) in [6.45, 7) is 2.15. The lowest BCUT2D eigenvalue weighted by Crippen LogP contribution is -2.21. The number of carboxylic acids is 1. The van der Waals surface area contributed by atoms with Crippen molar-refractivity contribution in [2.45, 2.75) is 19.8 Å². The standard InChI is InChI=1S/C14H19NO4/c1-10-6-7-12(11(9-10)14(17)18)19-8-4-5-13(16)15(2)3/h6-7,9H,4-5,8H2,1-3H3,(H,17,18). The van der Waals surface area contributed by atoms with E-state index in [1.165, 1.54) is 4.90 Å². The van der Waals surface area contributed by atoms with Crippen molar-refractivity contribution < 1.29 is 19.4 Å². The van der Waals surface area contributed by atoms with Crippen LogP contribution < -0.4 is 4.74 Å². The van der Waals surface area contributed by atoms with Crippen LogP contribution in [0.4, 0.5) is 0 Å². The van der Waals surface area contributed by atoms with Crippen molar-refractivity contribution in [3.63, 3.8) is 0 Å². The van der Waals surface area contributed by atoms with Gasteiger partial charge in [-0.2, -0.15) is 0 Å². The quantitative estimate of drug-likeness (QED) is 0.798. The number of benzene rings is 1. The minimum absolute atomic E-state index is 0.0333. The molecule has 19 heavy (non-hydrogen) atoms. The molecule has 1 amide bonds. The Labute approximate surface area is 112 Å². The molecule has 1 rings (SSSR count). The fourth-order valence-electron chi connectivity index (χ4n) is 1.57. The van der Waals surface area contributed by atoms with Crippen LogP contribution in [-0.2, 0) is 4.79 Å². The van der Waals surface area contributed by atoms with E-state index in [2.05, 4.69) is 0 Å². The smallest absolute Gasteiger partial charge is 0.339 e. The molecule has 1 N–H and O–H groups in total. The third-order valence-corrected chi connectivity index (χ3v) is 2.66. The van der Waals surface area contributed by atoms with Gasteiger partial charge in [0.1, 0.15) is 11.3 Å². The van der Waals surface area contributed by atoms with Gasteiger partial charge in [0.05, 0.1) is 6.61 Å². The minimum Gasteiger partial charge on any atom is -0.493 e. The number of carboxylic acid groups (broad SMARTS) is 1. The van der Waals surface area contributed by atoms with Crippen molar-refractivity contribution in [1.29, 1.82) is 0 Å². The summed E-state index contributed by atoms with van der Waals surface area (Å²) in [5, 5.41) is 9.07. The van der Waals surface area contributed by atoms with Gasteiger partial charge in [-0.1, -0.05) is 11.6 Å². The van der Waals surface area contributed by atoms with Crippen molar-refractivity contribution in [1.82, 2.24) is 4.90 Å². The zero-order valence-corrected chi connectivity index (χ0v) is 11.5. The molecule has 104 valence electrons. The predicted molar refractivity (Wildman–Crippen MR) is 71.6 cm³/mol. The molecular formula is C14H19NO4. The molecule has 0 spiro atoms. The first-order valence-corrected chi connectivity index (χ1v) is 6.08. The highest BCUT2D eigenvalue weighted by Gasteiger charge is 2.11. The van der Waals surface area contributed by atoms with E-state index in [0.717, 1.165) is 5.56 Å². The molecule has 0 atom stereocenters. The van der Waals surface area contributed by atoms with E-state index in [4.69, 9.17) is 9.84 Å². The highest BCUT2D eigenvalue weighted by molar-refractivity contribution is 5.91. The van der Waals surface area contributed by atoms with Gasteiger partial charge in [0.25, 0.3) is 0 Å². The monoisotopic (exact) mass is 265 g/mol. The van der Waals surface area contributed by atoms with Crippen molar-refractivity contribution >= 4 is 11.9 Å². The van der Waals surface area contributed by atoms with Crippen LogP contribution in [0, 0.1) is 6.92 Å². The van der Waals surface area contributed by atoms with Crippen molar-refractivity contribution in [3.05, 3.63) is 29.3 Å². The summed E-state index contributed by atoms with van der Waals surface area (Å²) in [6, 6.07) is 5.02. The van der Waals surface area contributed by atoms with Crippen LogP contribution >= 0.6 is 0 Å². The third kappa shape index (κ3) is 4.62. The molecule has 0 bridgehead atoms. The van der Waals surface area contributed by atoms with E-state index in [0.29, 0.717) is 25.2 Å². The molecule has 0 heterocycles. The Morgan fingerprint density at radius 3 is 2.58 bits per heavy atom. The summed E-state index contributed by atoms with van der Waals surface area (Å²) < 4.78 is 5.43. The first kappa shape index (κ1) is 15.0. The van der Waals surface area contributed by atoms with Crippen molar-refractivity contribution in [3.8, 4) is 5.75 Å². The van der Waals surface area contributed by atoms with E-state index in [1.54, 1.807) is 32.3 Å². The fraction of sp³-hybridized carbons (Fsp3) is 0.429. The number of hydrogen-bond acceptors (Lipinski definition) is 3. The van der Waals surface area contributed by atoms with Crippen LogP contribution in [-0.4, -0.2) is 42.6 Å². The van der Waals surface area contributed by atoms with E-state index < -0.39 is 5.97 Å². The second kappa shape index (κ2) is 6.78. The van der Waals surface area contributed by atoms with Gasteiger partial charge in [-0.3, -0.25) is 4.79 Å². The highest BCUT2D eigenvalue weighted by atomic mass is 16.5. The zero-order valence-electron chi connectivity index (χ0n) is 11.5. The number of carbonyl (C=O) groups is 2. The van der Waals surface area contributed by atoms with Crippen molar-refractivity contribution in [2.75, 3.05) is 20.7 Å². The molecule has 0 aliphatic rings. The summed E-state index contributed by atoms with van der Waals surface area (Å²) in [4.78, 5) is 23.9. The second-order valence-corrected chi connectivity index (χ2v) is 4.54. The molecule has 0 unspecified atom stereocenters. The Morgan fingerprint density at radius 2 is 2.00 bits per heavy atom. The molecule has 0 aliphatic carbocycles. The average molecular weight is 265 g/mol. The van der Waals surface area contributed by atoms with E-state index in [-0.39, 0.29) is 11.5 Å². The molecule has 5 heteroatoms. The Morgan fingerprint density at radius 1 is 1.32 bits per heavy atom. The number of rotatable bonds is 6. The Kier molecular flexibility index (Phi) is 5.36. The van der Waals surface area contributed by atoms with Crippen LogP contribution in [0.5, 0.6) is 5.75 Å². The van der Waals surface area contributed by atoms with Crippen LogP contribution in [0.3, 0.4) is 0 Å². The first-order valence-electron chi connectivity index (χ1n) is 6.08.